The molecule has 0 fully saturated rings. The number of nitrogens with one attached hydrogen (secondary N) is 1. The van der Waals surface area contributed by atoms with Crippen molar-refractivity contribution in [2.24, 2.45) is 5.73 Å². The highest BCUT2D eigenvalue weighted by molar-refractivity contribution is 7.89. The van der Waals surface area contributed by atoms with Crippen LogP contribution >= 0.6 is 0 Å². The van der Waals surface area contributed by atoms with Crippen LogP contribution in [0.5, 0.6) is 5.75 Å². The number of hydrogen-bond acceptors (Lipinski definition) is 4. The summed E-state index contributed by atoms with van der Waals surface area (Å²) in [6.45, 7) is 4.29. The van der Waals surface area contributed by atoms with Gasteiger partial charge < -0.3 is 10.5 Å². The zero-order valence-electron chi connectivity index (χ0n) is 13.1. The van der Waals surface area contributed by atoms with Gasteiger partial charge in [-0.15, -0.1) is 0 Å². The third kappa shape index (κ3) is 5.30. The molecule has 0 heterocycles. The van der Waals surface area contributed by atoms with Crippen LogP contribution < -0.4 is 15.2 Å². The van der Waals surface area contributed by atoms with E-state index in [-0.39, 0.29) is 10.9 Å². The SMILES string of the molecule is CCCCCC(C)NS(=O)(=O)c1cc(CN)ccc1OC. The van der Waals surface area contributed by atoms with Crippen LogP contribution in [-0.2, 0) is 16.6 Å². The van der Waals surface area contributed by atoms with Gasteiger partial charge in [0, 0.05) is 12.6 Å². The zero-order chi connectivity index (χ0) is 15.9. The molecule has 1 atom stereocenters. The number of nitrogens with two attached hydrogens (primary N) is 1. The third-order valence-corrected chi connectivity index (χ3v) is 4.96. The molecular formula is C15H26N2O3S. The van der Waals surface area contributed by atoms with Crippen LogP contribution in [-0.4, -0.2) is 21.6 Å². The van der Waals surface area contributed by atoms with Crippen molar-refractivity contribution in [3.05, 3.63) is 23.8 Å². The predicted octanol–water partition coefficient (Wildman–Crippen LogP) is 2.40. The van der Waals surface area contributed by atoms with Gasteiger partial charge in [0.15, 0.2) is 0 Å². The molecule has 0 radical (unpaired) electrons. The van der Waals surface area contributed by atoms with Crippen molar-refractivity contribution in [1.82, 2.24) is 4.72 Å². The molecule has 21 heavy (non-hydrogen) atoms. The summed E-state index contributed by atoms with van der Waals surface area (Å²) in [5.74, 6) is 0.334. The first kappa shape index (κ1) is 17.9. The molecule has 0 aliphatic rings. The topological polar surface area (TPSA) is 81.4 Å². The minimum absolute atomic E-state index is 0.104. The quantitative estimate of drug-likeness (QED) is 0.686. The number of methoxy groups -OCH3 is 1. The Morgan fingerprint density at radius 1 is 1.33 bits per heavy atom. The Bertz CT molecular complexity index is 544. The monoisotopic (exact) mass is 314 g/mol. The number of benzene rings is 1. The summed E-state index contributed by atoms with van der Waals surface area (Å²) in [6.07, 6.45) is 4.07. The van der Waals surface area contributed by atoms with E-state index in [1.165, 1.54) is 7.11 Å². The fourth-order valence-corrected chi connectivity index (χ4v) is 3.64. The van der Waals surface area contributed by atoms with Crippen molar-refractivity contribution < 1.29 is 13.2 Å². The highest BCUT2D eigenvalue weighted by atomic mass is 32.2. The minimum Gasteiger partial charge on any atom is -0.495 e. The molecule has 1 rings (SSSR count). The maximum atomic E-state index is 12.5. The van der Waals surface area contributed by atoms with Crippen LogP contribution in [0.3, 0.4) is 0 Å². The Morgan fingerprint density at radius 2 is 2.05 bits per heavy atom. The van der Waals surface area contributed by atoms with Gasteiger partial charge >= 0.3 is 0 Å². The van der Waals surface area contributed by atoms with E-state index in [0.717, 1.165) is 31.2 Å². The molecule has 1 unspecified atom stereocenters. The van der Waals surface area contributed by atoms with Gasteiger partial charge in [0.2, 0.25) is 10.0 Å². The summed E-state index contributed by atoms with van der Waals surface area (Å²) in [4.78, 5) is 0.148. The molecular weight excluding hydrogens is 288 g/mol. The molecule has 5 nitrogen and oxygen atoms in total. The number of ether oxygens (including phenoxy) is 1. The van der Waals surface area contributed by atoms with Crippen molar-refractivity contribution in [3.63, 3.8) is 0 Å². The number of sulfonamides is 1. The van der Waals surface area contributed by atoms with E-state index in [4.69, 9.17) is 10.5 Å². The van der Waals surface area contributed by atoms with Crippen molar-refractivity contribution in [2.75, 3.05) is 7.11 Å². The molecule has 120 valence electrons. The normalized spacial score (nSPS) is 13.1. The zero-order valence-corrected chi connectivity index (χ0v) is 13.9. The standard InChI is InChI=1S/C15H26N2O3S/c1-4-5-6-7-12(2)17-21(18,19)15-10-13(11-16)8-9-14(15)20-3/h8-10,12,17H,4-7,11,16H2,1-3H3. The summed E-state index contributed by atoms with van der Waals surface area (Å²) in [7, 11) is -2.14. The van der Waals surface area contributed by atoms with E-state index in [2.05, 4.69) is 11.6 Å². The lowest BCUT2D eigenvalue weighted by Gasteiger charge is -2.16. The molecule has 6 heteroatoms. The van der Waals surface area contributed by atoms with Gasteiger partial charge in [-0.2, -0.15) is 0 Å². The molecule has 3 N–H and O–H groups in total. The average molecular weight is 314 g/mol. The van der Waals surface area contributed by atoms with E-state index in [9.17, 15) is 8.42 Å². The lowest BCUT2D eigenvalue weighted by Crippen LogP contribution is -2.32. The van der Waals surface area contributed by atoms with E-state index in [1.807, 2.05) is 6.92 Å². The van der Waals surface area contributed by atoms with E-state index >= 15 is 0 Å². The first-order valence-electron chi connectivity index (χ1n) is 7.34. The Balaban J connectivity index is 2.91. The summed E-state index contributed by atoms with van der Waals surface area (Å²) < 4.78 is 32.8. The van der Waals surface area contributed by atoms with Crippen LogP contribution in [0.2, 0.25) is 0 Å². The lowest BCUT2D eigenvalue weighted by molar-refractivity contribution is 0.401. The summed E-state index contributed by atoms with van der Waals surface area (Å²) >= 11 is 0. The Morgan fingerprint density at radius 3 is 2.62 bits per heavy atom. The molecule has 0 aliphatic heterocycles. The molecule has 0 amide bonds. The van der Waals surface area contributed by atoms with Crippen molar-refractivity contribution >= 4 is 10.0 Å². The Kier molecular flexibility index (Phi) is 7.14. The summed E-state index contributed by atoms with van der Waals surface area (Å²) in [5.41, 5.74) is 6.34. The van der Waals surface area contributed by atoms with Crippen LogP contribution in [0, 0.1) is 0 Å². The lowest BCUT2D eigenvalue weighted by atomic mass is 10.1. The second-order valence-corrected chi connectivity index (χ2v) is 6.89. The van der Waals surface area contributed by atoms with Crippen molar-refractivity contribution in [2.45, 2.75) is 57.0 Å². The molecule has 0 aromatic heterocycles. The van der Waals surface area contributed by atoms with Crippen molar-refractivity contribution in [3.8, 4) is 5.75 Å². The van der Waals surface area contributed by atoms with Gasteiger partial charge in [0.1, 0.15) is 10.6 Å². The molecule has 0 aliphatic carbocycles. The Hall–Kier alpha value is -1.11. The molecule has 0 saturated heterocycles. The highest BCUT2D eigenvalue weighted by Gasteiger charge is 2.22. The van der Waals surface area contributed by atoms with Crippen LogP contribution in [0.25, 0.3) is 0 Å². The molecule has 0 saturated carbocycles. The summed E-state index contributed by atoms with van der Waals surface area (Å²) in [5, 5.41) is 0. The molecule has 1 aromatic rings. The maximum Gasteiger partial charge on any atom is 0.244 e. The van der Waals surface area contributed by atoms with E-state index < -0.39 is 10.0 Å². The predicted molar refractivity (Wildman–Crippen MR) is 84.8 cm³/mol. The minimum atomic E-state index is -3.60. The van der Waals surface area contributed by atoms with Crippen molar-refractivity contribution in [1.29, 1.82) is 0 Å². The van der Waals surface area contributed by atoms with Gasteiger partial charge in [0.25, 0.3) is 0 Å². The highest BCUT2D eigenvalue weighted by Crippen LogP contribution is 2.25. The molecule has 1 aromatic carbocycles. The Labute approximate surface area is 127 Å². The van der Waals surface area contributed by atoms with Gasteiger partial charge in [-0.25, -0.2) is 13.1 Å². The number of hydrogen-bond donors (Lipinski definition) is 2. The first-order chi connectivity index (χ1) is 9.94. The average Bonchev–Trinajstić information content (AvgIpc) is 2.46. The third-order valence-electron chi connectivity index (χ3n) is 3.35. The second-order valence-electron chi connectivity index (χ2n) is 5.21. The number of unbranched alkanes of at least 4 members (excludes halogenated alkanes) is 2. The van der Waals surface area contributed by atoms with Crippen LogP contribution in [0.15, 0.2) is 23.1 Å². The van der Waals surface area contributed by atoms with Gasteiger partial charge in [-0.05, 0) is 31.0 Å². The van der Waals surface area contributed by atoms with Gasteiger partial charge in [-0.3, -0.25) is 0 Å². The molecule has 0 spiro atoms. The summed E-state index contributed by atoms with van der Waals surface area (Å²) in [6, 6.07) is 4.87. The van der Waals surface area contributed by atoms with Crippen LogP contribution in [0.4, 0.5) is 0 Å². The van der Waals surface area contributed by atoms with Gasteiger partial charge in [0.05, 0.1) is 7.11 Å². The number of rotatable bonds is 9. The van der Waals surface area contributed by atoms with Crippen LogP contribution in [0.1, 0.15) is 45.1 Å². The van der Waals surface area contributed by atoms with E-state index in [0.29, 0.717) is 12.3 Å². The largest absolute Gasteiger partial charge is 0.495 e. The smallest absolute Gasteiger partial charge is 0.244 e. The molecule has 0 bridgehead atoms. The second kappa shape index (κ2) is 8.36. The van der Waals surface area contributed by atoms with Gasteiger partial charge in [-0.1, -0.05) is 32.3 Å². The maximum absolute atomic E-state index is 12.5. The van der Waals surface area contributed by atoms with E-state index in [1.54, 1.807) is 18.2 Å². The fraction of sp³-hybridized carbons (Fsp3) is 0.600. The fourth-order valence-electron chi connectivity index (χ4n) is 2.15. The first-order valence-corrected chi connectivity index (χ1v) is 8.82.